The molecule has 0 spiro atoms. The number of carbonyl (C=O) groups is 1. The van der Waals surface area contributed by atoms with Crippen LogP contribution in [0.15, 0.2) is 23.2 Å². The molecule has 0 saturated carbocycles. The molecule has 0 aliphatic carbocycles. The van der Waals surface area contributed by atoms with Crippen molar-refractivity contribution in [1.29, 1.82) is 0 Å². The van der Waals surface area contributed by atoms with E-state index in [0.29, 0.717) is 44.7 Å². The second-order valence-corrected chi connectivity index (χ2v) is 7.96. The summed E-state index contributed by atoms with van der Waals surface area (Å²) in [4.78, 5) is 18.0. The third-order valence-corrected chi connectivity index (χ3v) is 5.51. The number of guanidine groups is 1. The second kappa shape index (κ2) is 12.9. The van der Waals surface area contributed by atoms with Crippen molar-refractivity contribution in [2.45, 2.75) is 45.7 Å². The minimum absolute atomic E-state index is 0. The van der Waals surface area contributed by atoms with Gasteiger partial charge in [-0.3, -0.25) is 0 Å². The molecule has 2 heterocycles. The molecule has 174 valence electrons. The zero-order chi connectivity index (χ0) is 21.3. The molecule has 3 rings (SSSR count). The summed E-state index contributed by atoms with van der Waals surface area (Å²) in [5.41, 5.74) is 8.29. The molecule has 8 nitrogen and oxygen atoms in total. The molecule has 1 aromatic rings. The fraction of sp³-hybridized carbons (Fsp3) is 0.636. The first-order valence-corrected chi connectivity index (χ1v) is 10.8. The molecular formula is C22H35IN4O4. The highest BCUT2D eigenvalue weighted by Crippen LogP contribution is 2.23. The lowest BCUT2D eigenvalue weighted by molar-refractivity contribution is 0.0963. The van der Waals surface area contributed by atoms with Gasteiger partial charge in [0.15, 0.2) is 5.96 Å². The van der Waals surface area contributed by atoms with Gasteiger partial charge in [0.2, 0.25) is 0 Å². The van der Waals surface area contributed by atoms with E-state index in [1.54, 1.807) is 4.90 Å². The summed E-state index contributed by atoms with van der Waals surface area (Å²) >= 11 is 0. The van der Waals surface area contributed by atoms with E-state index in [2.05, 4.69) is 29.4 Å². The number of halogens is 1. The summed E-state index contributed by atoms with van der Waals surface area (Å²) < 4.78 is 16.6. The topological polar surface area (TPSA) is 98.4 Å². The summed E-state index contributed by atoms with van der Waals surface area (Å²) in [6.07, 6.45) is 2.44. The Labute approximate surface area is 201 Å². The highest BCUT2D eigenvalue weighted by Gasteiger charge is 2.23. The molecule has 1 unspecified atom stereocenters. The Kier molecular flexibility index (Phi) is 10.7. The number of nitrogens with two attached hydrogens (primary N) is 1. The molecular weight excluding hydrogens is 511 g/mol. The van der Waals surface area contributed by atoms with Gasteiger partial charge in [0.05, 0.1) is 26.4 Å². The van der Waals surface area contributed by atoms with Gasteiger partial charge in [0, 0.05) is 37.2 Å². The summed E-state index contributed by atoms with van der Waals surface area (Å²) in [6, 6.07) is 6.36. The smallest absolute Gasteiger partial charge is 0.409 e. The van der Waals surface area contributed by atoms with Crippen molar-refractivity contribution >= 4 is 36.0 Å². The van der Waals surface area contributed by atoms with Gasteiger partial charge in [0.25, 0.3) is 0 Å². The van der Waals surface area contributed by atoms with E-state index in [1.807, 2.05) is 13.0 Å². The number of hydrogen-bond acceptors (Lipinski definition) is 5. The first-order chi connectivity index (χ1) is 14.5. The summed E-state index contributed by atoms with van der Waals surface area (Å²) in [5, 5.41) is 3.28. The minimum atomic E-state index is -0.242. The average molecular weight is 546 g/mol. The van der Waals surface area contributed by atoms with E-state index in [4.69, 9.17) is 19.9 Å². The number of aryl methyl sites for hydroxylation is 1. The first-order valence-electron chi connectivity index (χ1n) is 10.8. The Hall–Kier alpha value is -1.75. The average Bonchev–Trinajstić information content (AvgIpc) is 3.26. The number of piperidine rings is 1. The predicted octanol–water partition coefficient (Wildman–Crippen LogP) is 3.05. The predicted molar refractivity (Wildman–Crippen MR) is 131 cm³/mol. The van der Waals surface area contributed by atoms with E-state index in [-0.39, 0.29) is 36.1 Å². The number of nitrogens with zero attached hydrogens (tertiary/aromatic N) is 2. The Morgan fingerprint density at radius 3 is 2.77 bits per heavy atom. The maximum atomic E-state index is 11.8. The van der Waals surface area contributed by atoms with Crippen LogP contribution in [0.3, 0.4) is 0 Å². The van der Waals surface area contributed by atoms with E-state index >= 15 is 0 Å². The molecule has 1 atom stereocenters. The number of nitrogens with one attached hydrogen (secondary N) is 1. The van der Waals surface area contributed by atoms with Gasteiger partial charge >= 0.3 is 6.09 Å². The fourth-order valence-corrected chi connectivity index (χ4v) is 3.70. The largest absolute Gasteiger partial charge is 0.493 e. The molecule has 2 saturated heterocycles. The molecule has 31 heavy (non-hydrogen) atoms. The quantitative estimate of drug-likeness (QED) is 0.310. The molecule has 0 radical (unpaired) electrons. The number of amides is 1. The second-order valence-electron chi connectivity index (χ2n) is 7.96. The van der Waals surface area contributed by atoms with Crippen molar-refractivity contribution in [3.63, 3.8) is 0 Å². The minimum Gasteiger partial charge on any atom is -0.493 e. The number of carbonyl (C=O) groups excluding carboxylic acids is 1. The van der Waals surface area contributed by atoms with Crippen LogP contribution >= 0.6 is 24.0 Å². The van der Waals surface area contributed by atoms with Gasteiger partial charge in [0.1, 0.15) is 5.75 Å². The SMILES string of the molecule is CCOC(=O)N1CCC(NC(N)=NCc2ccc(C)cc2OCC2CCOC2)CC1.I. The van der Waals surface area contributed by atoms with Gasteiger partial charge < -0.3 is 30.2 Å². The van der Waals surface area contributed by atoms with Crippen molar-refractivity contribution in [2.24, 2.45) is 16.6 Å². The molecule has 1 aromatic carbocycles. The number of aliphatic imine (C=N–C) groups is 1. The Bertz CT molecular complexity index is 732. The molecule has 9 heteroatoms. The van der Waals surface area contributed by atoms with Crippen molar-refractivity contribution < 1.29 is 19.0 Å². The van der Waals surface area contributed by atoms with Gasteiger partial charge in [-0.1, -0.05) is 12.1 Å². The molecule has 0 aromatic heterocycles. The van der Waals surface area contributed by atoms with E-state index < -0.39 is 0 Å². The van der Waals surface area contributed by atoms with Crippen molar-refractivity contribution in [1.82, 2.24) is 10.2 Å². The third kappa shape index (κ3) is 8.03. The number of benzene rings is 1. The van der Waals surface area contributed by atoms with Crippen molar-refractivity contribution in [3.05, 3.63) is 29.3 Å². The summed E-state index contributed by atoms with van der Waals surface area (Å²) in [5.74, 6) is 1.73. The van der Waals surface area contributed by atoms with Crippen LogP contribution in [0.1, 0.15) is 37.3 Å². The Morgan fingerprint density at radius 1 is 1.32 bits per heavy atom. The summed E-state index contributed by atoms with van der Waals surface area (Å²) in [6.45, 7) is 8.29. The van der Waals surface area contributed by atoms with Crippen LogP contribution in [0.5, 0.6) is 5.75 Å². The van der Waals surface area contributed by atoms with Crippen LogP contribution in [0.4, 0.5) is 4.79 Å². The Morgan fingerprint density at radius 2 is 2.10 bits per heavy atom. The molecule has 2 fully saturated rings. The normalized spacial score (nSPS) is 19.6. The maximum Gasteiger partial charge on any atom is 0.409 e. The zero-order valence-electron chi connectivity index (χ0n) is 18.5. The number of likely N-dealkylation sites (tertiary alicyclic amines) is 1. The van der Waals surface area contributed by atoms with Crippen molar-refractivity contribution in [2.75, 3.05) is 39.5 Å². The van der Waals surface area contributed by atoms with Crippen LogP contribution in [0, 0.1) is 12.8 Å². The van der Waals surface area contributed by atoms with Gasteiger partial charge in [-0.15, -0.1) is 24.0 Å². The molecule has 3 N–H and O–H groups in total. The number of rotatable bonds is 7. The van der Waals surface area contributed by atoms with Crippen LogP contribution in [0.25, 0.3) is 0 Å². The molecule has 1 amide bonds. The van der Waals surface area contributed by atoms with Gasteiger partial charge in [-0.25, -0.2) is 9.79 Å². The molecule has 2 aliphatic heterocycles. The number of ether oxygens (including phenoxy) is 3. The summed E-state index contributed by atoms with van der Waals surface area (Å²) in [7, 11) is 0. The lowest BCUT2D eigenvalue weighted by atomic mass is 10.1. The van der Waals surface area contributed by atoms with E-state index in [0.717, 1.165) is 49.4 Å². The van der Waals surface area contributed by atoms with Gasteiger partial charge in [-0.05, 0) is 44.7 Å². The van der Waals surface area contributed by atoms with Crippen molar-refractivity contribution in [3.8, 4) is 5.75 Å². The van der Waals surface area contributed by atoms with E-state index in [1.165, 1.54) is 0 Å². The maximum absolute atomic E-state index is 11.8. The molecule has 0 bridgehead atoms. The monoisotopic (exact) mass is 546 g/mol. The lowest BCUT2D eigenvalue weighted by Crippen LogP contribution is -2.48. The fourth-order valence-electron chi connectivity index (χ4n) is 3.70. The van der Waals surface area contributed by atoms with Crippen LogP contribution in [-0.2, 0) is 16.0 Å². The van der Waals surface area contributed by atoms with Gasteiger partial charge in [-0.2, -0.15) is 0 Å². The standard InChI is InChI=1S/C22H34N4O4.HI/c1-3-29-22(27)26-9-6-19(7-10-26)25-21(23)24-13-18-5-4-16(2)12-20(18)30-15-17-8-11-28-14-17;/h4-5,12,17,19H,3,6-11,13-15H2,1-2H3,(H3,23,24,25);1H. The lowest BCUT2D eigenvalue weighted by Gasteiger charge is -2.31. The Balaban J connectivity index is 0.00000341. The highest BCUT2D eigenvalue weighted by atomic mass is 127. The molecule has 2 aliphatic rings. The first kappa shape index (κ1) is 25.5. The van der Waals surface area contributed by atoms with Crippen LogP contribution < -0.4 is 15.8 Å². The zero-order valence-corrected chi connectivity index (χ0v) is 20.8. The van der Waals surface area contributed by atoms with Crippen LogP contribution in [0.2, 0.25) is 0 Å². The van der Waals surface area contributed by atoms with Crippen LogP contribution in [-0.4, -0.2) is 62.5 Å². The number of hydrogen-bond donors (Lipinski definition) is 2. The van der Waals surface area contributed by atoms with E-state index in [9.17, 15) is 4.79 Å². The highest BCUT2D eigenvalue weighted by molar-refractivity contribution is 14.0. The third-order valence-electron chi connectivity index (χ3n) is 5.51.